The summed E-state index contributed by atoms with van der Waals surface area (Å²) in [4.78, 5) is 9.92. The maximum atomic E-state index is 11.6. The zero-order valence-electron chi connectivity index (χ0n) is 10.1. The summed E-state index contributed by atoms with van der Waals surface area (Å²) in [5, 5.41) is 19.5. The molecule has 0 aliphatic heterocycles. The van der Waals surface area contributed by atoms with Gasteiger partial charge in [0, 0.05) is 17.9 Å². The SMILES string of the molecule is CCS(=O)(=O)[C@@H](C)[C@H](O)c1ccc([N+](=O)[O-])cc1. The lowest BCUT2D eigenvalue weighted by molar-refractivity contribution is -0.384. The Morgan fingerprint density at radius 2 is 1.83 bits per heavy atom. The summed E-state index contributed by atoms with van der Waals surface area (Å²) in [5.41, 5.74) is 0.252. The van der Waals surface area contributed by atoms with E-state index in [0.29, 0.717) is 5.56 Å². The molecule has 18 heavy (non-hydrogen) atoms. The minimum Gasteiger partial charge on any atom is -0.387 e. The fourth-order valence-corrected chi connectivity index (χ4v) is 2.60. The maximum absolute atomic E-state index is 11.6. The Kier molecular flexibility index (Phi) is 4.42. The third-order valence-corrected chi connectivity index (χ3v) is 5.05. The van der Waals surface area contributed by atoms with Gasteiger partial charge in [-0.3, -0.25) is 10.1 Å². The molecule has 1 aromatic carbocycles. The number of aliphatic hydroxyl groups is 1. The second-order valence-corrected chi connectivity index (χ2v) is 6.60. The second-order valence-electron chi connectivity index (χ2n) is 3.95. The largest absolute Gasteiger partial charge is 0.387 e. The fraction of sp³-hybridized carbons (Fsp3) is 0.455. The Labute approximate surface area is 105 Å². The van der Waals surface area contributed by atoms with Crippen LogP contribution in [0, 0.1) is 10.1 Å². The molecule has 6 nitrogen and oxygen atoms in total. The van der Waals surface area contributed by atoms with Gasteiger partial charge in [-0.25, -0.2) is 8.42 Å². The molecule has 0 spiro atoms. The summed E-state index contributed by atoms with van der Waals surface area (Å²) in [6.45, 7) is 2.93. The molecular formula is C11H15NO5S. The standard InChI is InChI=1S/C11H15NO5S/c1-3-18(16,17)8(2)11(13)9-4-6-10(7-5-9)12(14)15/h4-8,11,13H,3H2,1-2H3/t8-,11-/m0/s1. The van der Waals surface area contributed by atoms with Crippen molar-refractivity contribution < 1.29 is 18.4 Å². The Bertz CT molecular complexity index is 523. The lowest BCUT2D eigenvalue weighted by Crippen LogP contribution is -2.26. The first kappa shape index (κ1) is 14.6. The number of aliphatic hydroxyl groups excluding tert-OH is 1. The van der Waals surface area contributed by atoms with Gasteiger partial charge >= 0.3 is 0 Å². The molecule has 0 aromatic heterocycles. The van der Waals surface area contributed by atoms with Crippen molar-refractivity contribution in [2.75, 3.05) is 5.75 Å². The molecule has 0 heterocycles. The van der Waals surface area contributed by atoms with Gasteiger partial charge in [-0.2, -0.15) is 0 Å². The number of nitro benzene ring substituents is 1. The number of nitrogens with zero attached hydrogens (tertiary/aromatic N) is 1. The van der Waals surface area contributed by atoms with Crippen LogP contribution in [0.3, 0.4) is 0 Å². The van der Waals surface area contributed by atoms with Crippen LogP contribution in [0.5, 0.6) is 0 Å². The van der Waals surface area contributed by atoms with Gasteiger partial charge in [0.1, 0.15) is 0 Å². The highest BCUT2D eigenvalue weighted by molar-refractivity contribution is 7.92. The normalized spacial score (nSPS) is 15.1. The molecule has 0 saturated carbocycles. The highest BCUT2D eigenvalue weighted by atomic mass is 32.2. The van der Waals surface area contributed by atoms with Crippen LogP contribution in [0.15, 0.2) is 24.3 Å². The average molecular weight is 273 g/mol. The van der Waals surface area contributed by atoms with Crippen LogP contribution >= 0.6 is 0 Å². The van der Waals surface area contributed by atoms with E-state index in [1.807, 2.05) is 0 Å². The van der Waals surface area contributed by atoms with Gasteiger partial charge in [-0.15, -0.1) is 0 Å². The third kappa shape index (κ3) is 3.05. The zero-order chi connectivity index (χ0) is 13.9. The number of sulfone groups is 1. The first-order chi connectivity index (χ1) is 8.29. The van der Waals surface area contributed by atoms with E-state index in [1.165, 1.54) is 38.1 Å². The van der Waals surface area contributed by atoms with Crippen LogP contribution in [0.2, 0.25) is 0 Å². The van der Waals surface area contributed by atoms with Crippen LogP contribution in [0.1, 0.15) is 25.5 Å². The summed E-state index contributed by atoms with van der Waals surface area (Å²) >= 11 is 0. The van der Waals surface area contributed by atoms with E-state index in [9.17, 15) is 23.6 Å². The van der Waals surface area contributed by atoms with Gasteiger partial charge in [0.25, 0.3) is 5.69 Å². The third-order valence-electron chi connectivity index (χ3n) is 2.86. The molecule has 0 bridgehead atoms. The molecule has 0 aliphatic rings. The van der Waals surface area contributed by atoms with Crippen LogP contribution in [0.4, 0.5) is 5.69 Å². The van der Waals surface area contributed by atoms with Gasteiger partial charge in [0.05, 0.1) is 16.3 Å². The molecule has 1 N–H and O–H groups in total. The van der Waals surface area contributed by atoms with Gasteiger partial charge in [-0.1, -0.05) is 6.92 Å². The predicted molar refractivity (Wildman–Crippen MR) is 67.0 cm³/mol. The van der Waals surface area contributed by atoms with Crippen LogP contribution in [0.25, 0.3) is 0 Å². The maximum Gasteiger partial charge on any atom is 0.269 e. The number of non-ortho nitro benzene ring substituents is 1. The molecule has 0 amide bonds. The van der Waals surface area contributed by atoms with E-state index in [2.05, 4.69) is 0 Å². The van der Waals surface area contributed by atoms with Crippen molar-refractivity contribution in [3.05, 3.63) is 39.9 Å². The number of nitro groups is 1. The zero-order valence-corrected chi connectivity index (χ0v) is 10.9. The summed E-state index contributed by atoms with van der Waals surface area (Å²) in [7, 11) is -3.36. The van der Waals surface area contributed by atoms with Gasteiger partial charge < -0.3 is 5.11 Å². The lowest BCUT2D eigenvalue weighted by atomic mass is 10.1. The Morgan fingerprint density at radius 3 is 2.22 bits per heavy atom. The molecule has 0 aliphatic carbocycles. The molecule has 1 rings (SSSR count). The minimum atomic E-state index is -3.36. The van der Waals surface area contributed by atoms with E-state index >= 15 is 0 Å². The quantitative estimate of drug-likeness (QED) is 0.646. The van der Waals surface area contributed by atoms with E-state index < -0.39 is 26.1 Å². The van der Waals surface area contributed by atoms with E-state index in [-0.39, 0.29) is 11.4 Å². The summed E-state index contributed by atoms with van der Waals surface area (Å²) in [5.74, 6) is -0.0573. The van der Waals surface area contributed by atoms with Crippen LogP contribution in [-0.4, -0.2) is 29.5 Å². The highest BCUT2D eigenvalue weighted by Gasteiger charge is 2.27. The van der Waals surface area contributed by atoms with Crippen molar-refractivity contribution in [1.82, 2.24) is 0 Å². The Morgan fingerprint density at radius 1 is 1.33 bits per heavy atom. The van der Waals surface area contributed by atoms with Gasteiger partial charge in [0.15, 0.2) is 9.84 Å². The van der Waals surface area contributed by atoms with E-state index in [4.69, 9.17) is 0 Å². The van der Waals surface area contributed by atoms with Crippen molar-refractivity contribution in [3.8, 4) is 0 Å². The number of benzene rings is 1. The molecule has 0 radical (unpaired) electrons. The summed E-state index contributed by atoms with van der Waals surface area (Å²) in [6.07, 6.45) is -1.18. The molecule has 1 aromatic rings. The van der Waals surface area contributed by atoms with Crippen molar-refractivity contribution in [1.29, 1.82) is 0 Å². The molecule has 0 fully saturated rings. The summed E-state index contributed by atoms with van der Waals surface area (Å²) < 4.78 is 23.2. The number of hydrogen-bond donors (Lipinski definition) is 1. The topological polar surface area (TPSA) is 97.5 Å². The molecule has 7 heteroatoms. The first-order valence-corrected chi connectivity index (χ1v) is 7.15. The fourth-order valence-electron chi connectivity index (χ4n) is 1.52. The molecular weight excluding hydrogens is 258 g/mol. The van der Waals surface area contributed by atoms with Gasteiger partial charge in [0.2, 0.25) is 0 Å². The molecule has 0 saturated heterocycles. The van der Waals surface area contributed by atoms with Gasteiger partial charge in [-0.05, 0) is 24.6 Å². The Hall–Kier alpha value is -1.47. The first-order valence-electron chi connectivity index (χ1n) is 5.43. The minimum absolute atomic E-state index is 0.0573. The smallest absolute Gasteiger partial charge is 0.269 e. The molecule has 2 atom stereocenters. The van der Waals surface area contributed by atoms with Crippen molar-refractivity contribution in [2.45, 2.75) is 25.2 Å². The van der Waals surface area contributed by atoms with Crippen LogP contribution in [-0.2, 0) is 9.84 Å². The van der Waals surface area contributed by atoms with E-state index in [0.717, 1.165) is 0 Å². The molecule has 100 valence electrons. The number of hydrogen-bond acceptors (Lipinski definition) is 5. The van der Waals surface area contributed by atoms with Crippen molar-refractivity contribution in [2.24, 2.45) is 0 Å². The summed E-state index contributed by atoms with van der Waals surface area (Å²) in [6, 6.07) is 5.21. The van der Waals surface area contributed by atoms with E-state index in [1.54, 1.807) is 0 Å². The second kappa shape index (κ2) is 5.45. The van der Waals surface area contributed by atoms with Crippen molar-refractivity contribution >= 4 is 15.5 Å². The van der Waals surface area contributed by atoms with Crippen molar-refractivity contribution in [3.63, 3.8) is 0 Å². The lowest BCUT2D eigenvalue weighted by Gasteiger charge is -2.18. The van der Waals surface area contributed by atoms with Crippen LogP contribution < -0.4 is 0 Å². The highest BCUT2D eigenvalue weighted by Crippen LogP contribution is 2.24. The Balaban J connectivity index is 2.98. The predicted octanol–water partition coefficient (Wildman–Crippen LogP) is 1.45. The number of rotatable bonds is 5. The average Bonchev–Trinajstić information content (AvgIpc) is 2.37. The molecule has 0 unspecified atom stereocenters. The monoisotopic (exact) mass is 273 g/mol.